The summed E-state index contributed by atoms with van der Waals surface area (Å²) >= 11 is 0. The van der Waals surface area contributed by atoms with Gasteiger partial charge in [-0.15, -0.1) is 0 Å². The molecule has 1 aromatic carbocycles. The molecule has 0 bridgehead atoms. The molecule has 0 saturated heterocycles. The second kappa shape index (κ2) is 5.77. The number of aryl methyl sites for hydroxylation is 1. The van der Waals surface area contributed by atoms with Gasteiger partial charge in [0.25, 0.3) is 0 Å². The Hall–Kier alpha value is -1.42. The number of benzene rings is 1. The summed E-state index contributed by atoms with van der Waals surface area (Å²) in [6.45, 7) is 5.66. The highest BCUT2D eigenvalue weighted by atomic mass is 19.1. The van der Waals surface area contributed by atoms with Crippen LogP contribution < -0.4 is 11.1 Å². The van der Waals surface area contributed by atoms with E-state index in [1.807, 2.05) is 13.8 Å². The maximum atomic E-state index is 12.9. The van der Waals surface area contributed by atoms with Crippen LogP contribution in [0.2, 0.25) is 0 Å². The van der Waals surface area contributed by atoms with Gasteiger partial charge in [0.05, 0.1) is 6.04 Å². The fourth-order valence-electron chi connectivity index (χ4n) is 1.50. The molecular formula is C13H19FN2O. The zero-order valence-electron chi connectivity index (χ0n) is 10.5. The van der Waals surface area contributed by atoms with E-state index in [-0.39, 0.29) is 17.6 Å². The van der Waals surface area contributed by atoms with Gasteiger partial charge in [-0.3, -0.25) is 4.79 Å². The normalized spacial score (nSPS) is 14.2. The minimum atomic E-state index is -0.538. The van der Waals surface area contributed by atoms with Crippen molar-refractivity contribution in [2.24, 2.45) is 11.7 Å². The molecule has 1 aromatic rings. The molecule has 0 aliphatic carbocycles. The van der Waals surface area contributed by atoms with Crippen molar-refractivity contribution in [1.29, 1.82) is 0 Å². The second-order valence-electron chi connectivity index (χ2n) is 4.36. The molecule has 1 rings (SSSR count). The predicted molar refractivity (Wildman–Crippen MR) is 67.2 cm³/mol. The van der Waals surface area contributed by atoms with Gasteiger partial charge in [-0.05, 0) is 36.6 Å². The zero-order valence-corrected chi connectivity index (χ0v) is 10.5. The number of amides is 1. The average molecular weight is 238 g/mol. The molecule has 17 heavy (non-hydrogen) atoms. The van der Waals surface area contributed by atoms with E-state index in [0.29, 0.717) is 11.3 Å². The predicted octanol–water partition coefficient (Wildman–Crippen LogP) is 2.45. The van der Waals surface area contributed by atoms with Crippen LogP contribution in [0.4, 0.5) is 10.1 Å². The van der Waals surface area contributed by atoms with Crippen molar-refractivity contribution in [1.82, 2.24) is 0 Å². The first-order valence-corrected chi connectivity index (χ1v) is 5.78. The van der Waals surface area contributed by atoms with E-state index in [9.17, 15) is 9.18 Å². The standard InChI is InChI=1S/C13H19FN2O/c1-4-8(2)12(15)13(17)16-11-6-5-10(14)7-9(11)3/h5-8,12H,4,15H2,1-3H3,(H,16,17)/t8?,12-/m0/s1. The van der Waals surface area contributed by atoms with Crippen LogP contribution in [-0.4, -0.2) is 11.9 Å². The third kappa shape index (κ3) is 3.53. The Morgan fingerprint density at radius 1 is 1.53 bits per heavy atom. The van der Waals surface area contributed by atoms with Crippen LogP contribution >= 0.6 is 0 Å². The van der Waals surface area contributed by atoms with Gasteiger partial charge in [0.15, 0.2) is 0 Å². The summed E-state index contributed by atoms with van der Waals surface area (Å²) in [6.07, 6.45) is 0.844. The first-order chi connectivity index (χ1) is 7.95. The number of hydrogen-bond acceptors (Lipinski definition) is 2. The van der Waals surface area contributed by atoms with Crippen LogP contribution in [-0.2, 0) is 4.79 Å². The van der Waals surface area contributed by atoms with Gasteiger partial charge in [0.1, 0.15) is 5.82 Å². The molecule has 2 atom stereocenters. The summed E-state index contributed by atoms with van der Waals surface area (Å²) in [5, 5.41) is 2.72. The van der Waals surface area contributed by atoms with E-state index in [2.05, 4.69) is 5.32 Å². The van der Waals surface area contributed by atoms with Crippen LogP contribution in [0.1, 0.15) is 25.8 Å². The number of anilines is 1. The monoisotopic (exact) mass is 238 g/mol. The van der Waals surface area contributed by atoms with Gasteiger partial charge in [-0.2, -0.15) is 0 Å². The molecular weight excluding hydrogens is 219 g/mol. The summed E-state index contributed by atoms with van der Waals surface area (Å²) in [5.74, 6) is -0.420. The van der Waals surface area contributed by atoms with E-state index in [0.717, 1.165) is 6.42 Å². The Bertz CT molecular complexity index is 406. The average Bonchev–Trinajstić information content (AvgIpc) is 2.30. The zero-order chi connectivity index (χ0) is 13.0. The van der Waals surface area contributed by atoms with Gasteiger partial charge in [-0.1, -0.05) is 20.3 Å². The van der Waals surface area contributed by atoms with E-state index in [1.54, 1.807) is 13.0 Å². The maximum Gasteiger partial charge on any atom is 0.241 e. The summed E-state index contributed by atoms with van der Waals surface area (Å²) in [4.78, 5) is 11.8. The number of hydrogen-bond donors (Lipinski definition) is 2. The number of nitrogens with one attached hydrogen (secondary N) is 1. The van der Waals surface area contributed by atoms with Crippen molar-refractivity contribution >= 4 is 11.6 Å². The number of nitrogens with two attached hydrogens (primary N) is 1. The summed E-state index contributed by atoms with van der Waals surface area (Å²) < 4.78 is 12.9. The Morgan fingerprint density at radius 2 is 2.18 bits per heavy atom. The minimum Gasteiger partial charge on any atom is -0.324 e. The van der Waals surface area contributed by atoms with Crippen molar-refractivity contribution < 1.29 is 9.18 Å². The molecule has 0 spiro atoms. The van der Waals surface area contributed by atoms with Gasteiger partial charge < -0.3 is 11.1 Å². The highest BCUT2D eigenvalue weighted by Gasteiger charge is 2.19. The lowest BCUT2D eigenvalue weighted by Gasteiger charge is -2.18. The van der Waals surface area contributed by atoms with Crippen molar-refractivity contribution in [3.63, 3.8) is 0 Å². The van der Waals surface area contributed by atoms with E-state index >= 15 is 0 Å². The highest BCUT2D eigenvalue weighted by Crippen LogP contribution is 2.16. The smallest absolute Gasteiger partial charge is 0.241 e. The van der Waals surface area contributed by atoms with Crippen LogP contribution in [0, 0.1) is 18.7 Å². The molecule has 0 heterocycles. The minimum absolute atomic E-state index is 0.121. The third-order valence-electron chi connectivity index (χ3n) is 3.01. The quantitative estimate of drug-likeness (QED) is 0.846. The topological polar surface area (TPSA) is 55.1 Å². The SMILES string of the molecule is CCC(C)[C@H](N)C(=O)Nc1ccc(F)cc1C. The maximum absolute atomic E-state index is 12.9. The van der Waals surface area contributed by atoms with E-state index < -0.39 is 6.04 Å². The Morgan fingerprint density at radius 3 is 2.71 bits per heavy atom. The summed E-state index contributed by atoms with van der Waals surface area (Å²) in [5.41, 5.74) is 7.11. The van der Waals surface area contributed by atoms with Crippen molar-refractivity contribution in [2.75, 3.05) is 5.32 Å². The first-order valence-electron chi connectivity index (χ1n) is 5.78. The van der Waals surface area contributed by atoms with Crippen LogP contribution in [0.3, 0.4) is 0 Å². The fraction of sp³-hybridized carbons (Fsp3) is 0.462. The van der Waals surface area contributed by atoms with Crippen molar-refractivity contribution in [3.8, 4) is 0 Å². The van der Waals surface area contributed by atoms with Gasteiger partial charge >= 0.3 is 0 Å². The number of rotatable bonds is 4. The number of halogens is 1. The fourth-order valence-corrected chi connectivity index (χ4v) is 1.50. The molecule has 0 saturated carbocycles. The van der Waals surface area contributed by atoms with Crippen molar-refractivity contribution in [3.05, 3.63) is 29.6 Å². The summed E-state index contributed by atoms with van der Waals surface area (Å²) in [6, 6.07) is 3.71. The van der Waals surface area contributed by atoms with Crippen LogP contribution in [0.25, 0.3) is 0 Å². The summed E-state index contributed by atoms with van der Waals surface area (Å²) in [7, 11) is 0. The van der Waals surface area contributed by atoms with Gasteiger partial charge in [0.2, 0.25) is 5.91 Å². The van der Waals surface area contributed by atoms with Crippen LogP contribution in [0.5, 0.6) is 0 Å². The molecule has 0 aliphatic rings. The number of carbonyl (C=O) groups is 1. The van der Waals surface area contributed by atoms with Gasteiger partial charge in [-0.25, -0.2) is 4.39 Å². The Balaban J connectivity index is 2.74. The Kier molecular flexibility index (Phi) is 4.63. The van der Waals surface area contributed by atoms with Crippen molar-refractivity contribution in [2.45, 2.75) is 33.2 Å². The Labute approximate surface area is 101 Å². The molecule has 0 aromatic heterocycles. The van der Waals surface area contributed by atoms with Gasteiger partial charge in [0, 0.05) is 5.69 Å². The van der Waals surface area contributed by atoms with E-state index in [4.69, 9.17) is 5.73 Å². The molecule has 3 nitrogen and oxygen atoms in total. The molecule has 0 radical (unpaired) electrons. The number of carbonyl (C=O) groups excluding carboxylic acids is 1. The molecule has 0 fully saturated rings. The molecule has 1 unspecified atom stereocenters. The second-order valence-corrected chi connectivity index (χ2v) is 4.36. The molecule has 94 valence electrons. The lowest BCUT2D eigenvalue weighted by Crippen LogP contribution is -2.40. The molecule has 1 amide bonds. The lowest BCUT2D eigenvalue weighted by atomic mass is 9.99. The third-order valence-corrected chi connectivity index (χ3v) is 3.01. The highest BCUT2D eigenvalue weighted by molar-refractivity contribution is 5.95. The largest absolute Gasteiger partial charge is 0.324 e. The lowest BCUT2D eigenvalue weighted by molar-refractivity contribution is -0.118. The first kappa shape index (κ1) is 13.6. The molecule has 3 N–H and O–H groups in total. The van der Waals surface area contributed by atoms with Crippen LogP contribution in [0.15, 0.2) is 18.2 Å². The van der Waals surface area contributed by atoms with E-state index in [1.165, 1.54) is 12.1 Å². The molecule has 4 heteroatoms. The molecule has 0 aliphatic heterocycles.